The fraction of sp³-hybridized carbons (Fsp3) is 0.667. The topological polar surface area (TPSA) is 34.9 Å². The summed E-state index contributed by atoms with van der Waals surface area (Å²) in [5.74, 6) is 0.574. The maximum Gasteiger partial charge on any atom is 0.151 e. The van der Waals surface area contributed by atoms with Gasteiger partial charge in [-0.05, 0) is 31.7 Å². The van der Waals surface area contributed by atoms with E-state index in [1.165, 1.54) is 5.56 Å². The minimum Gasteiger partial charge on any atom is -0.298 e. The first-order valence-electron chi connectivity index (χ1n) is 5.53. The lowest BCUT2D eigenvalue weighted by molar-refractivity contribution is -0.117. The van der Waals surface area contributed by atoms with Crippen molar-refractivity contribution in [2.75, 3.05) is 0 Å². The summed E-state index contributed by atoms with van der Waals surface area (Å²) >= 11 is 0. The van der Waals surface area contributed by atoms with E-state index in [2.05, 4.69) is 25.9 Å². The molecule has 0 fully saturated rings. The molecule has 84 valence electrons. The molecule has 0 amide bonds. The molecular formula is C12H20N2O. The number of hydrogen-bond donors (Lipinski definition) is 0. The molecule has 15 heavy (non-hydrogen) atoms. The molecule has 0 aromatic carbocycles. The molecule has 0 aliphatic heterocycles. The fourth-order valence-electron chi connectivity index (χ4n) is 1.87. The summed E-state index contributed by atoms with van der Waals surface area (Å²) in [6, 6.07) is 0. The van der Waals surface area contributed by atoms with Gasteiger partial charge in [0.05, 0.1) is 12.2 Å². The minimum atomic E-state index is 0.151. The van der Waals surface area contributed by atoms with Crippen molar-refractivity contribution in [3.63, 3.8) is 0 Å². The highest BCUT2D eigenvalue weighted by molar-refractivity contribution is 5.75. The van der Waals surface area contributed by atoms with Crippen LogP contribution in [0.15, 0.2) is 0 Å². The largest absolute Gasteiger partial charge is 0.298 e. The Morgan fingerprint density at radius 1 is 1.47 bits per heavy atom. The normalized spacial score (nSPS) is 11.1. The van der Waals surface area contributed by atoms with E-state index in [1.807, 2.05) is 11.6 Å². The Balaban J connectivity index is 3.14. The molecule has 1 rings (SSSR count). The molecule has 1 heterocycles. The number of Topliss-reactive ketones (excluding diaryl/α,β-unsaturated/α-hetero) is 1. The van der Waals surface area contributed by atoms with Gasteiger partial charge in [-0.3, -0.25) is 9.48 Å². The van der Waals surface area contributed by atoms with Crippen LogP contribution in [-0.2, 0) is 17.8 Å². The summed E-state index contributed by atoms with van der Waals surface area (Å²) in [5.41, 5.74) is 3.57. The fourth-order valence-corrected chi connectivity index (χ4v) is 1.87. The number of carbonyl (C=O) groups excluding carboxylic acids is 1. The van der Waals surface area contributed by atoms with Crippen LogP contribution in [0, 0.1) is 6.92 Å². The van der Waals surface area contributed by atoms with Crippen molar-refractivity contribution < 1.29 is 4.79 Å². The van der Waals surface area contributed by atoms with Crippen molar-refractivity contribution in [2.24, 2.45) is 0 Å². The standard InChI is InChI=1S/C12H20N2O/c1-6-11-10(5)14(7-9(4)15)13-12(11)8(2)3/h8H,6-7H2,1-5H3. The number of aromatic nitrogens is 2. The molecule has 0 spiro atoms. The van der Waals surface area contributed by atoms with Gasteiger partial charge in [-0.15, -0.1) is 0 Å². The molecular weight excluding hydrogens is 188 g/mol. The molecule has 0 atom stereocenters. The van der Waals surface area contributed by atoms with E-state index in [0.717, 1.165) is 17.8 Å². The van der Waals surface area contributed by atoms with Gasteiger partial charge in [0.25, 0.3) is 0 Å². The zero-order chi connectivity index (χ0) is 11.6. The lowest BCUT2D eigenvalue weighted by atomic mass is 10.0. The van der Waals surface area contributed by atoms with E-state index in [0.29, 0.717) is 12.5 Å². The van der Waals surface area contributed by atoms with E-state index in [-0.39, 0.29) is 5.78 Å². The molecule has 0 saturated heterocycles. The first-order valence-corrected chi connectivity index (χ1v) is 5.53. The number of hydrogen-bond acceptors (Lipinski definition) is 2. The third kappa shape index (κ3) is 2.46. The third-order valence-corrected chi connectivity index (χ3v) is 2.63. The van der Waals surface area contributed by atoms with Gasteiger partial charge >= 0.3 is 0 Å². The van der Waals surface area contributed by atoms with Crippen LogP contribution in [0.5, 0.6) is 0 Å². The molecule has 0 saturated carbocycles. The Kier molecular flexibility index (Phi) is 3.66. The number of rotatable bonds is 4. The Labute approximate surface area is 91.5 Å². The van der Waals surface area contributed by atoms with E-state index in [9.17, 15) is 4.79 Å². The maximum absolute atomic E-state index is 11.1. The predicted octanol–water partition coefficient (Wildman–Crippen LogP) is 2.47. The maximum atomic E-state index is 11.1. The summed E-state index contributed by atoms with van der Waals surface area (Å²) in [6.07, 6.45) is 0.983. The quantitative estimate of drug-likeness (QED) is 0.762. The van der Waals surface area contributed by atoms with E-state index < -0.39 is 0 Å². The van der Waals surface area contributed by atoms with Crippen LogP contribution < -0.4 is 0 Å². The van der Waals surface area contributed by atoms with Crippen LogP contribution in [0.1, 0.15) is 50.6 Å². The average molecular weight is 208 g/mol. The van der Waals surface area contributed by atoms with Gasteiger partial charge in [0.15, 0.2) is 5.78 Å². The Bertz CT molecular complexity index is 364. The average Bonchev–Trinajstić information content (AvgIpc) is 2.43. The number of carbonyl (C=O) groups is 1. The Morgan fingerprint density at radius 2 is 2.07 bits per heavy atom. The van der Waals surface area contributed by atoms with Crippen molar-refractivity contribution in [1.82, 2.24) is 9.78 Å². The molecule has 3 nitrogen and oxygen atoms in total. The molecule has 0 aliphatic carbocycles. The zero-order valence-corrected chi connectivity index (χ0v) is 10.3. The second-order valence-corrected chi connectivity index (χ2v) is 4.32. The lowest BCUT2D eigenvalue weighted by Gasteiger charge is -2.02. The second kappa shape index (κ2) is 4.60. The van der Waals surface area contributed by atoms with E-state index in [4.69, 9.17) is 0 Å². The summed E-state index contributed by atoms with van der Waals surface area (Å²) in [5, 5.41) is 4.52. The van der Waals surface area contributed by atoms with Crippen molar-refractivity contribution >= 4 is 5.78 Å². The minimum absolute atomic E-state index is 0.151. The van der Waals surface area contributed by atoms with Crippen molar-refractivity contribution in [1.29, 1.82) is 0 Å². The second-order valence-electron chi connectivity index (χ2n) is 4.32. The van der Waals surface area contributed by atoms with Gasteiger partial charge in [-0.2, -0.15) is 5.10 Å². The van der Waals surface area contributed by atoms with Crippen LogP contribution in [0.3, 0.4) is 0 Å². The van der Waals surface area contributed by atoms with E-state index >= 15 is 0 Å². The highest BCUT2D eigenvalue weighted by Gasteiger charge is 2.15. The highest BCUT2D eigenvalue weighted by atomic mass is 16.1. The van der Waals surface area contributed by atoms with Gasteiger partial charge in [-0.1, -0.05) is 20.8 Å². The van der Waals surface area contributed by atoms with Crippen LogP contribution in [0.2, 0.25) is 0 Å². The number of ketones is 1. The first kappa shape index (κ1) is 12.0. The molecule has 0 radical (unpaired) electrons. The van der Waals surface area contributed by atoms with Gasteiger partial charge < -0.3 is 0 Å². The molecule has 0 unspecified atom stereocenters. The van der Waals surface area contributed by atoms with E-state index in [1.54, 1.807) is 6.92 Å². The van der Waals surface area contributed by atoms with Crippen LogP contribution >= 0.6 is 0 Å². The predicted molar refractivity (Wildman–Crippen MR) is 61.1 cm³/mol. The van der Waals surface area contributed by atoms with Gasteiger partial charge in [-0.25, -0.2) is 0 Å². The van der Waals surface area contributed by atoms with Crippen LogP contribution in [0.25, 0.3) is 0 Å². The summed E-state index contributed by atoms with van der Waals surface area (Å²) in [4.78, 5) is 11.1. The van der Waals surface area contributed by atoms with Gasteiger partial charge in [0.1, 0.15) is 0 Å². The van der Waals surface area contributed by atoms with Gasteiger partial charge in [0, 0.05) is 5.69 Å². The summed E-state index contributed by atoms with van der Waals surface area (Å²) in [7, 11) is 0. The molecule has 1 aromatic heterocycles. The molecule has 3 heteroatoms. The highest BCUT2D eigenvalue weighted by Crippen LogP contribution is 2.21. The molecule has 0 aliphatic rings. The Morgan fingerprint density at radius 3 is 2.40 bits per heavy atom. The monoisotopic (exact) mass is 208 g/mol. The first-order chi connectivity index (χ1) is 6.97. The van der Waals surface area contributed by atoms with Crippen LogP contribution in [0.4, 0.5) is 0 Å². The van der Waals surface area contributed by atoms with Crippen molar-refractivity contribution in [3.05, 3.63) is 17.0 Å². The lowest BCUT2D eigenvalue weighted by Crippen LogP contribution is -2.09. The molecule has 1 aromatic rings. The van der Waals surface area contributed by atoms with Crippen LogP contribution in [-0.4, -0.2) is 15.6 Å². The van der Waals surface area contributed by atoms with Crippen molar-refractivity contribution in [2.45, 2.75) is 53.5 Å². The smallest absolute Gasteiger partial charge is 0.151 e. The molecule has 0 bridgehead atoms. The SMILES string of the molecule is CCc1c(C(C)C)nn(CC(C)=O)c1C. The molecule has 0 N–H and O–H groups in total. The van der Waals surface area contributed by atoms with Gasteiger partial charge in [0.2, 0.25) is 0 Å². The zero-order valence-electron chi connectivity index (χ0n) is 10.3. The Hall–Kier alpha value is -1.12. The third-order valence-electron chi connectivity index (χ3n) is 2.63. The summed E-state index contributed by atoms with van der Waals surface area (Å²) < 4.78 is 1.83. The summed E-state index contributed by atoms with van der Waals surface area (Å²) in [6.45, 7) is 10.4. The number of nitrogens with zero attached hydrogens (tertiary/aromatic N) is 2. The van der Waals surface area contributed by atoms with Crippen molar-refractivity contribution in [3.8, 4) is 0 Å².